The fraction of sp³-hybridized carbons (Fsp3) is 0.238. The molecule has 1 amide bonds. The molecular formula is C21H19N3O4. The number of rotatable bonds is 3. The highest BCUT2D eigenvalue weighted by atomic mass is 16.7. The Morgan fingerprint density at radius 3 is 2.93 bits per heavy atom. The molecule has 5 rings (SSSR count). The largest absolute Gasteiger partial charge is 0.454 e. The van der Waals surface area contributed by atoms with Crippen LogP contribution in [-0.2, 0) is 17.9 Å². The summed E-state index contributed by atoms with van der Waals surface area (Å²) in [5.74, 6) is 1.24. The van der Waals surface area contributed by atoms with Crippen molar-refractivity contribution in [1.29, 1.82) is 0 Å². The highest BCUT2D eigenvalue weighted by Gasteiger charge is 2.25. The maximum Gasteiger partial charge on any atom is 0.276 e. The molecule has 3 heterocycles. The van der Waals surface area contributed by atoms with E-state index in [0.717, 1.165) is 34.0 Å². The fourth-order valence-corrected chi connectivity index (χ4v) is 3.47. The van der Waals surface area contributed by atoms with Gasteiger partial charge in [0.25, 0.3) is 5.91 Å². The van der Waals surface area contributed by atoms with Gasteiger partial charge in [-0.1, -0.05) is 18.2 Å². The van der Waals surface area contributed by atoms with Crippen molar-refractivity contribution in [3.8, 4) is 11.5 Å². The highest BCUT2D eigenvalue weighted by molar-refractivity contribution is 6.02. The van der Waals surface area contributed by atoms with E-state index in [-0.39, 0.29) is 18.8 Å². The number of hydrogen-bond donors (Lipinski definition) is 1. The second kappa shape index (κ2) is 6.69. The normalized spacial score (nSPS) is 17.2. The zero-order valence-corrected chi connectivity index (χ0v) is 15.3. The van der Waals surface area contributed by atoms with Gasteiger partial charge in [0.05, 0.1) is 18.8 Å². The molecule has 0 fully saturated rings. The number of benzene rings is 2. The molecule has 1 aromatic heterocycles. The fourth-order valence-electron chi connectivity index (χ4n) is 3.47. The maximum absolute atomic E-state index is 12.6. The van der Waals surface area contributed by atoms with Gasteiger partial charge in [0, 0.05) is 5.69 Å². The molecule has 3 aromatic rings. The van der Waals surface area contributed by atoms with E-state index < -0.39 is 0 Å². The first-order valence-corrected chi connectivity index (χ1v) is 9.11. The summed E-state index contributed by atoms with van der Waals surface area (Å²) in [5, 5.41) is 7.38. The molecule has 1 N–H and O–H groups in total. The average Bonchev–Trinajstić information content (AvgIpc) is 3.33. The molecule has 0 bridgehead atoms. The van der Waals surface area contributed by atoms with Gasteiger partial charge in [-0.3, -0.25) is 9.48 Å². The molecular weight excluding hydrogens is 358 g/mol. The van der Waals surface area contributed by atoms with Crippen LogP contribution in [0.5, 0.6) is 11.5 Å². The van der Waals surface area contributed by atoms with E-state index in [2.05, 4.69) is 10.4 Å². The Kier molecular flexibility index (Phi) is 4.02. The van der Waals surface area contributed by atoms with Gasteiger partial charge in [-0.25, -0.2) is 0 Å². The molecule has 2 aliphatic heterocycles. The smallest absolute Gasteiger partial charge is 0.276 e. The minimum absolute atomic E-state index is 0.158. The second-order valence-electron chi connectivity index (χ2n) is 6.94. The van der Waals surface area contributed by atoms with E-state index in [9.17, 15) is 4.79 Å². The van der Waals surface area contributed by atoms with Crippen LogP contribution in [0.2, 0.25) is 0 Å². The highest BCUT2D eigenvalue weighted by Crippen LogP contribution is 2.36. The second-order valence-corrected chi connectivity index (χ2v) is 6.94. The van der Waals surface area contributed by atoms with Gasteiger partial charge in [-0.2, -0.15) is 5.10 Å². The molecule has 0 radical (unpaired) electrons. The van der Waals surface area contributed by atoms with Crippen molar-refractivity contribution in [3.05, 3.63) is 71.0 Å². The molecule has 2 aliphatic rings. The number of aryl methyl sites for hydroxylation is 1. The first-order valence-electron chi connectivity index (χ1n) is 9.11. The van der Waals surface area contributed by atoms with Crippen LogP contribution in [0.25, 0.3) is 0 Å². The summed E-state index contributed by atoms with van der Waals surface area (Å²) >= 11 is 0. The Morgan fingerprint density at radius 1 is 1.14 bits per heavy atom. The quantitative estimate of drug-likeness (QED) is 0.757. The molecule has 0 saturated carbocycles. The van der Waals surface area contributed by atoms with Crippen LogP contribution in [0, 0.1) is 6.92 Å². The van der Waals surface area contributed by atoms with Crippen molar-refractivity contribution in [3.63, 3.8) is 0 Å². The van der Waals surface area contributed by atoms with Gasteiger partial charge in [-0.15, -0.1) is 0 Å². The molecule has 7 nitrogen and oxygen atoms in total. The zero-order chi connectivity index (χ0) is 19.1. The van der Waals surface area contributed by atoms with Gasteiger partial charge in [0.2, 0.25) is 6.79 Å². The standard InChI is InChI=1S/C21H19N3O4/c1-13-3-2-4-15(7-13)22-21(25)17-9-16-11-26-20(10-24(16)23-17)14-5-6-18-19(8-14)28-12-27-18/h2-9,20H,10-12H2,1H3,(H,22,25)/t20-/m0/s1. The number of fused-ring (bicyclic) bond motifs is 2. The molecule has 1 atom stereocenters. The molecule has 7 heteroatoms. The van der Waals surface area contributed by atoms with Crippen LogP contribution in [0.1, 0.15) is 33.4 Å². The summed E-state index contributed by atoms with van der Waals surface area (Å²) in [6, 6.07) is 15.3. The van der Waals surface area contributed by atoms with Crippen molar-refractivity contribution in [2.45, 2.75) is 26.2 Å². The minimum Gasteiger partial charge on any atom is -0.454 e. The van der Waals surface area contributed by atoms with Crippen LogP contribution in [0.15, 0.2) is 48.5 Å². The van der Waals surface area contributed by atoms with Gasteiger partial charge in [0.1, 0.15) is 6.10 Å². The molecule has 0 unspecified atom stereocenters. The van der Waals surface area contributed by atoms with E-state index in [1.54, 1.807) is 6.07 Å². The number of anilines is 1. The molecule has 0 aliphatic carbocycles. The predicted octanol–water partition coefficient (Wildman–Crippen LogP) is 3.44. The lowest BCUT2D eigenvalue weighted by atomic mass is 10.1. The van der Waals surface area contributed by atoms with Crippen molar-refractivity contribution in [2.75, 3.05) is 12.1 Å². The summed E-state index contributed by atoms with van der Waals surface area (Å²) in [7, 11) is 0. The van der Waals surface area contributed by atoms with Crippen molar-refractivity contribution in [1.82, 2.24) is 9.78 Å². The van der Waals surface area contributed by atoms with Crippen molar-refractivity contribution in [2.24, 2.45) is 0 Å². The summed E-state index contributed by atoms with van der Waals surface area (Å²) in [6.07, 6.45) is -0.158. The lowest BCUT2D eigenvalue weighted by Gasteiger charge is -2.24. The summed E-state index contributed by atoms with van der Waals surface area (Å²) < 4.78 is 18.6. The Morgan fingerprint density at radius 2 is 2.04 bits per heavy atom. The molecule has 0 saturated heterocycles. The number of aromatic nitrogens is 2. The summed E-state index contributed by atoms with van der Waals surface area (Å²) in [4.78, 5) is 12.6. The summed E-state index contributed by atoms with van der Waals surface area (Å²) in [5.41, 5.74) is 4.10. The minimum atomic E-state index is -0.230. The van der Waals surface area contributed by atoms with E-state index >= 15 is 0 Å². The van der Waals surface area contributed by atoms with Gasteiger partial charge < -0.3 is 19.5 Å². The number of ether oxygens (including phenoxy) is 3. The molecule has 2 aromatic carbocycles. The molecule has 28 heavy (non-hydrogen) atoms. The first-order chi connectivity index (χ1) is 13.7. The van der Waals surface area contributed by atoms with Crippen molar-refractivity contribution < 1.29 is 19.0 Å². The monoisotopic (exact) mass is 377 g/mol. The third kappa shape index (κ3) is 3.10. The SMILES string of the molecule is Cc1cccc(NC(=O)c2cc3n(n2)C[C@@H](c2ccc4c(c2)OCO4)OC3)c1. The summed E-state index contributed by atoms with van der Waals surface area (Å²) in [6.45, 7) is 3.15. The van der Waals surface area contributed by atoms with Gasteiger partial charge >= 0.3 is 0 Å². The van der Waals surface area contributed by atoms with Gasteiger partial charge in [0.15, 0.2) is 17.2 Å². The topological polar surface area (TPSA) is 74.6 Å². The number of carbonyl (C=O) groups excluding carboxylic acids is 1. The Hall–Kier alpha value is -3.32. The van der Waals surface area contributed by atoms with Crippen LogP contribution < -0.4 is 14.8 Å². The third-order valence-corrected chi connectivity index (χ3v) is 4.91. The van der Waals surface area contributed by atoms with E-state index in [1.165, 1.54) is 0 Å². The van der Waals surface area contributed by atoms with Crippen LogP contribution >= 0.6 is 0 Å². The Balaban J connectivity index is 1.33. The molecule has 0 spiro atoms. The van der Waals surface area contributed by atoms with Crippen LogP contribution in [0.4, 0.5) is 5.69 Å². The zero-order valence-electron chi connectivity index (χ0n) is 15.3. The maximum atomic E-state index is 12.6. The van der Waals surface area contributed by atoms with Crippen molar-refractivity contribution >= 4 is 11.6 Å². The number of nitrogens with zero attached hydrogens (tertiary/aromatic N) is 2. The first kappa shape index (κ1) is 16.8. The lowest BCUT2D eigenvalue weighted by Crippen LogP contribution is -2.22. The van der Waals surface area contributed by atoms with Gasteiger partial charge in [-0.05, 0) is 48.4 Å². The van der Waals surface area contributed by atoms with E-state index in [4.69, 9.17) is 14.2 Å². The van der Waals surface area contributed by atoms with E-state index in [1.807, 2.05) is 54.1 Å². The predicted molar refractivity (Wildman–Crippen MR) is 101 cm³/mol. The number of amides is 1. The van der Waals surface area contributed by atoms with Crippen LogP contribution in [0.3, 0.4) is 0 Å². The number of hydrogen-bond acceptors (Lipinski definition) is 5. The van der Waals surface area contributed by atoms with E-state index in [0.29, 0.717) is 18.8 Å². The Bertz CT molecular complexity index is 1060. The number of nitrogens with one attached hydrogen (secondary N) is 1. The Labute approximate surface area is 161 Å². The average molecular weight is 377 g/mol. The van der Waals surface area contributed by atoms with Crippen LogP contribution in [-0.4, -0.2) is 22.5 Å². The molecule has 142 valence electrons. The third-order valence-electron chi connectivity index (χ3n) is 4.91. The lowest BCUT2D eigenvalue weighted by molar-refractivity contribution is -0.00127. The number of carbonyl (C=O) groups is 1.